The molecule has 0 aliphatic heterocycles. The van der Waals surface area contributed by atoms with Crippen molar-refractivity contribution in [3.8, 4) is 0 Å². The number of carbonyl (C=O) groups excluding carboxylic acids is 4. The highest BCUT2D eigenvalue weighted by molar-refractivity contribution is 5.95. The zero-order valence-electron chi connectivity index (χ0n) is 23.3. The van der Waals surface area contributed by atoms with E-state index in [-0.39, 0.29) is 12.5 Å². The fourth-order valence-electron chi connectivity index (χ4n) is 3.87. The van der Waals surface area contributed by atoms with E-state index in [0.29, 0.717) is 12.0 Å². The van der Waals surface area contributed by atoms with Crippen LogP contribution in [0, 0.1) is 13.8 Å². The molecule has 4 N–H and O–H groups in total. The molecule has 9 nitrogen and oxygen atoms in total. The number of ether oxygens (including phenoxy) is 1. The summed E-state index contributed by atoms with van der Waals surface area (Å²) in [5.41, 5.74) is 6.49. The molecule has 0 aromatic heterocycles. The Labute approximate surface area is 215 Å². The highest BCUT2D eigenvalue weighted by atomic mass is 16.6. The molecule has 0 aliphatic carbocycles. The molecule has 1 aromatic rings. The molecule has 1 rings (SSSR count). The molecular weight excluding hydrogens is 460 g/mol. The van der Waals surface area contributed by atoms with E-state index in [1.807, 2.05) is 59.7 Å². The molecule has 202 valence electrons. The zero-order chi connectivity index (χ0) is 27.8. The van der Waals surface area contributed by atoms with Crippen molar-refractivity contribution in [1.82, 2.24) is 15.5 Å². The molecule has 2 unspecified atom stereocenters. The molecule has 0 aliphatic rings. The Morgan fingerprint density at radius 1 is 1.03 bits per heavy atom. The largest absolute Gasteiger partial charge is 0.444 e. The lowest BCUT2D eigenvalue weighted by molar-refractivity contribution is -0.144. The van der Waals surface area contributed by atoms with Gasteiger partial charge in [-0.1, -0.05) is 31.5 Å². The number of aryl methyl sites for hydroxylation is 2. The van der Waals surface area contributed by atoms with Crippen molar-refractivity contribution in [2.24, 2.45) is 5.73 Å². The first kappa shape index (κ1) is 30.9. The Hall–Kier alpha value is -3.10. The molecule has 0 bridgehead atoms. The Balaban J connectivity index is 3.62. The van der Waals surface area contributed by atoms with E-state index < -0.39 is 47.6 Å². The molecular formula is C27H44N4O5. The van der Waals surface area contributed by atoms with Crippen molar-refractivity contribution in [1.29, 1.82) is 0 Å². The lowest BCUT2D eigenvalue weighted by atomic mass is 9.92. The van der Waals surface area contributed by atoms with Crippen molar-refractivity contribution in [3.05, 3.63) is 34.9 Å². The summed E-state index contributed by atoms with van der Waals surface area (Å²) in [7, 11) is 0. The first-order chi connectivity index (χ1) is 16.5. The molecule has 9 heteroatoms. The second-order valence-electron chi connectivity index (χ2n) is 11.2. The first-order valence-electron chi connectivity index (χ1n) is 12.4. The van der Waals surface area contributed by atoms with Crippen molar-refractivity contribution in [2.75, 3.05) is 6.54 Å². The highest BCUT2D eigenvalue weighted by Gasteiger charge is 2.38. The Kier molecular flexibility index (Phi) is 10.9. The molecule has 0 saturated heterocycles. The Morgan fingerprint density at radius 3 is 2.03 bits per heavy atom. The number of nitrogens with two attached hydrogens (primary N) is 1. The van der Waals surface area contributed by atoms with E-state index in [9.17, 15) is 19.2 Å². The molecule has 0 saturated carbocycles. The van der Waals surface area contributed by atoms with Crippen LogP contribution in [0.1, 0.15) is 90.5 Å². The van der Waals surface area contributed by atoms with Crippen molar-refractivity contribution in [3.63, 3.8) is 0 Å². The van der Waals surface area contributed by atoms with Gasteiger partial charge in [-0.25, -0.2) is 4.79 Å². The maximum atomic E-state index is 14.0. The van der Waals surface area contributed by atoms with Gasteiger partial charge in [-0.2, -0.15) is 0 Å². The van der Waals surface area contributed by atoms with E-state index in [2.05, 4.69) is 10.6 Å². The number of amides is 4. The summed E-state index contributed by atoms with van der Waals surface area (Å²) < 4.78 is 5.31. The average Bonchev–Trinajstić information content (AvgIpc) is 2.68. The smallest absolute Gasteiger partial charge is 0.408 e. The number of rotatable bonds is 10. The van der Waals surface area contributed by atoms with E-state index in [1.54, 1.807) is 20.8 Å². The van der Waals surface area contributed by atoms with Gasteiger partial charge in [-0.05, 0) is 78.5 Å². The number of nitrogens with zero attached hydrogens (tertiary/aromatic N) is 1. The van der Waals surface area contributed by atoms with Gasteiger partial charge in [0.2, 0.25) is 17.7 Å². The lowest BCUT2D eigenvalue weighted by Gasteiger charge is -2.37. The van der Waals surface area contributed by atoms with Crippen LogP contribution in [0.5, 0.6) is 0 Å². The number of hydrogen-bond acceptors (Lipinski definition) is 5. The van der Waals surface area contributed by atoms with Crippen LogP contribution in [0.15, 0.2) is 18.2 Å². The summed E-state index contributed by atoms with van der Waals surface area (Å²) >= 11 is 0. The number of alkyl carbamates (subject to hydrolysis) is 1. The monoisotopic (exact) mass is 504 g/mol. The number of unbranched alkanes of at least 4 members (excludes halogenated alkanes) is 1. The van der Waals surface area contributed by atoms with Crippen molar-refractivity contribution < 1.29 is 23.9 Å². The topological polar surface area (TPSA) is 131 Å². The van der Waals surface area contributed by atoms with Crippen LogP contribution < -0.4 is 16.4 Å². The summed E-state index contributed by atoms with van der Waals surface area (Å²) in [4.78, 5) is 53.5. The molecule has 0 heterocycles. The van der Waals surface area contributed by atoms with E-state index in [1.165, 1.54) is 4.90 Å². The number of benzene rings is 1. The van der Waals surface area contributed by atoms with E-state index in [4.69, 9.17) is 10.5 Å². The van der Waals surface area contributed by atoms with Gasteiger partial charge in [0.05, 0.1) is 6.42 Å². The third kappa shape index (κ3) is 9.87. The van der Waals surface area contributed by atoms with Gasteiger partial charge < -0.3 is 26.0 Å². The maximum Gasteiger partial charge on any atom is 0.408 e. The molecule has 1 aromatic carbocycles. The number of primary amides is 1. The second-order valence-corrected chi connectivity index (χ2v) is 11.2. The SMILES string of the molecule is CCCCN(C(=O)C(CC(N)=O)NC(=O)OC(C)(C)C)C(C(=O)NC(C)(C)C)c1c(C)cccc1C. The quantitative estimate of drug-likeness (QED) is 0.448. The van der Waals surface area contributed by atoms with Gasteiger partial charge in [0.15, 0.2) is 0 Å². The zero-order valence-corrected chi connectivity index (χ0v) is 23.3. The summed E-state index contributed by atoms with van der Waals surface area (Å²) in [5.74, 6) is -1.69. The lowest BCUT2D eigenvalue weighted by Crippen LogP contribution is -2.55. The van der Waals surface area contributed by atoms with Crippen LogP contribution in [-0.2, 0) is 19.1 Å². The second kappa shape index (κ2) is 12.7. The third-order valence-corrected chi connectivity index (χ3v) is 5.30. The molecule has 0 radical (unpaired) electrons. The van der Waals surface area contributed by atoms with Crippen LogP contribution in [0.2, 0.25) is 0 Å². The summed E-state index contributed by atoms with van der Waals surface area (Å²) in [5, 5.41) is 5.50. The van der Waals surface area contributed by atoms with Crippen LogP contribution in [0.4, 0.5) is 4.79 Å². The summed E-state index contributed by atoms with van der Waals surface area (Å²) in [6.45, 7) is 16.7. The number of nitrogens with one attached hydrogen (secondary N) is 2. The predicted octanol–water partition coefficient (Wildman–Crippen LogP) is 3.66. The van der Waals surface area contributed by atoms with Gasteiger partial charge in [0.25, 0.3) is 0 Å². The van der Waals surface area contributed by atoms with Gasteiger partial charge >= 0.3 is 6.09 Å². The summed E-state index contributed by atoms with van der Waals surface area (Å²) in [6, 6.07) is 3.42. The molecule has 4 amide bonds. The first-order valence-corrected chi connectivity index (χ1v) is 12.4. The molecule has 0 spiro atoms. The van der Waals surface area contributed by atoms with E-state index >= 15 is 0 Å². The maximum absolute atomic E-state index is 14.0. The predicted molar refractivity (Wildman–Crippen MR) is 140 cm³/mol. The number of carbonyl (C=O) groups is 4. The van der Waals surface area contributed by atoms with Gasteiger partial charge in [-0.3, -0.25) is 14.4 Å². The van der Waals surface area contributed by atoms with Crippen molar-refractivity contribution in [2.45, 2.75) is 105 Å². The molecule has 36 heavy (non-hydrogen) atoms. The van der Waals surface area contributed by atoms with Crippen LogP contribution >= 0.6 is 0 Å². The fraction of sp³-hybridized carbons (Fsp3) is 0.630. The third-order valence-electron chi connectivity index (χ3n) is 5.30. The minimum atomic E-state index is -1.29. The molecule has 2 atom stereocenters. The standard InChI is InChI=1S/C27H44N4O5/c1-10-11-15-31(24(34)19(16-20(28)32)29-25(35)36-27(7,8)9)22(23(33)30-26(4,5)6)21-17(2)13-12-14-18(21)3/h12-14,19,22H,10-11,15-16H2,1-9H3,(H2,28,32)(H,29,35)(H,30,33). The minimum absolute atomic E-state index is 0.247. The average molecular weight is 505 g/mol. The van der Waals surface area contributed by atoms with Gasteiger partial charge in [-0.15, -0.1) is 0 Å². The van der Waals surface area contributed by atoms with Crippen LogP contribution in [0.3, 0.4) is 0 Å². The highest BCUT2D eigenvalue weighted by Crippen LogP contribution is 2.30. The summed E-state index contributed by atoms with van der Waals surface area (Å²) in [6.07, 6.45) is 0.108. The normalized spacial score (nSPS) is 13.4. The Bertz CT molecular complexity index is 926. The van der Waals surface area contributed by atoms with E-state index in [0.717, 1.165) is 17.5 Å². The van der Waals surface area contributed by atoms with Crippen molar-refractivity contribution >= 4 is 23.8 Å². The fourth-order valence-corrected chi connectivity index (χ4v) is 3.87. The minimum Gasteiger partial charge on any atom is -0.444 e. The van der Waals surface area contributed by atoms with Crippen LogP contribution in [-0.4, -0.2) is 52.4 Å². The number of hydrogen-bond donors (Lipinski definition) is 3. The molecule has 0 fully saturated rings. The van der Waals surface area contributed by atoms with Crippen LogP contribution in [0.25, 0.3) is 0 Å². The van der Waals surface area contributed by atoms with Gasteiger partial charge in [0.1, 0.15) is 17.7 Å². The van der Waals surface area contributed by atoms with Gasteiger partial charge in [0, 0.05) is 12.1 Å². The Morgan fingerprint density at radius 2 is 1.58 bits per heavy atom.